The second-order valence-corrected chi connectivity index (χ2v) is 4.79. The number of rotatable bonds is 6. The number of carbonyl (C=O) groups excluding carboxylic acids is 1. The molecule has 0 saturated carbocycles. The summed E-state index contributed by atoms with van der Waals surface area (Å²) < 4.78 is 4.60. The summed E-state index contributed by atoms with van der Waals surface area (Å²) in [4.78, 5) is 22.1. The van der Waals surface area contributed by atoms with Crippen molar-refractivity contribution in [1.82, 2.24) is 0 Å². The van der Waals surface area contributed by atoms with Crippen molar-refractivity contribution in [2.75, 3.05) is 19.0 Å². The van der Waals surface area contributed by atoms with Crippen LogP contribution in [-0.4, -0.2) is 29.7 Å². The fraction of sp³-hybridized carbons (Fsp3) is 0.188. The first-order chi connectivity index (χ1) is 11.0. The number of nitro benzene ring substituents is 1. The van der Waals surface area contributed by atoms with Crippen molar-refractivity contribution in [3.63, 3.8) is 0 Å². The number of aliphatic hydroxyl groups is 1. The lowest BCUT2D eigenvalue weighted by atomic mass is 10.1. The Bertz CT molecular complexity index is 703. The molecule has 23 heavy (non-hydrogen) atoms. The maximum absolute atomic E-state index is 11.5. The van der Waals surface area contributed by atoms with E-state index in [0.29, 0.717) is 5.56 Å². The topological polar surface area (TPSA) is 102 Å². The van der Waals surface area contributed by atoms with Crippen molar-refractivity contribution >= 4 is 17.3 Å². The van der Waals surface area contributed by atoms with Gasteiger partial charge in [0.05, 0.1) is 23.7 Å². The number of benzene rings is 2. The number of nitro groups is 1. The van der Waals surface area contributed by atoms with Gasteiger partial charge in [0, 0.05) is 12.6 Å². The molecule has 0 saturated heterocycles. The molecule has 120 valence electrons. The molecule has 7 nitrogen and oxygen atoms in total. The second-order valence-electron chi connectivity index (χ2n) is 4.79. The molecule has 2 aromatic carbocycles. The van der Waals surface area contributed by atoms with Crippen molar-refractivity contribution < 1.29 is 19.6 Å². The van der Waals surface area contributed by atoms with E-state index in [1.807, 2.05) is 6.07 Å². The average Bonchev–Trinajstić information content (AvgIpc) is 2.59. The van der Waals surface area contributed by atoms with Crippen LogP contribution in [0.25, 0.3) is 0 Å². The molecule has 0 amide bonds. The first kappa shape index (κ1) is 16.4. The number of aliphatic hydroxyl groups excluding tert-OH is 1. The number of methoxy groups -OCH3 is 1. The Morgan fingerprint density at radius 2 is 2.00 bits per heavy atom. The number of ether oxygens (including phenoxy) is 1. The molecule has 0 radical (unpaired) electrons. The van der Waals surface area contributed by atoms with Crippen LogP contribution >= 0.6 is 0 Å². The first-order valence-electron chi connectivity index (χ1n) is 6.86. The van der Waals surface area contributed by atoms with Gasteiger partial charge in [-0.05, 0) is 17.7 Å². The van der Waals surface area contributed by atoms with Crippen LogP contribution in [0.4, 0.5) is 11.4 Å². The lowest BCUT2D eigenvalue weighted by Gasteiger charge is -2.13. The Labute approximate surface area is 132 Å². The van der Waals surface area contributed by atoms with Crippen molar-refractivity contribution in [3.05, 3.63) is 69.8 Å². The lowest BCUT2D eigenvalue weighted by molar-refractivity contribution is -0.384. The Morgan fingerprint density at radius 1 is 1.30 bits per heavy atom. The van der Waals surface area contributed by atoms with Crippen molar-refractivity contribution in [1.29, 1.82) is 0 Å². The van der Waals surface area contributed by atoms with E-state index < -0.39 is 17.0 Å². The molecule has 2 aromatic rings. The van der Waals surface area contributed by atoms with Gasteiger partial charge in [-0.25, -0.2) is 4.79 Å². The van der Waals surface area contributed by atoms with Gasteiger partial charge in [0.1, 0.15) is 5.69 Å². The Kier molecular flexibility index (Phi) is 5.27. The molecule has 1 atom stereocenters. The van der Waals surface area contributed by atoms with E-state index in [9.17, 15) is 20.0 Å². The van der Waals surface area contributed by atoms with Crippen LogP contribution in [0.15, 0.2) is 48.5 Å². The summed E-state index contributed by atoms with van der Waals surface area (Å²) in [5.74, 6) is -0.591. The largest absolute Gasteiger partial charge is 0.465 e. The molecule has 0 aliphatic heterocycles. The van der Waals surface area contributed by atoms with Gasteiger partial charge in [0.25, 0.3) is 5.69 Å². The number of hydrogen-bond acceptors (Lipinski definition) is 6. The third-order valence-electron chi connectivity index (χ3n) is 3.28. The molecule has 0 aromatic heterocycles. The highest BCUT2D eigenvalue weighted by molar-refractivity contribution is 5.91. The van der Waals surface area contributed by atoms with Crippen molar-refractivity contribution in [3.8, 4) is 0 Å². The van der Waals surface area contributed by atoms with Crippen LogP contribution in [0, 0.1) is 10.1 Å². The highest BCUT2D eigenvalue weighted by Crippen LogP contribution is 2.26. The number of anilines is 1. The summed E-state index contributed by atoms with van der Waals surface area (Å²) in [6, 6.07) is 12.8. The standard InChI is InChI=1S/C16H16N2O5/c1-23-16(20)12-7-8-14(18(21)22)13(9-12)17-10-15(19)11-5-3-2-4-6-11/h2-9,15,17,19H,10H2,1H3. The maximum Gasteiger partial charge on any atom is 0.337 e. The van der Waals surface area contributed by atoms with E-state index in [2.05, 4.69) is 10.1 Å². The van der Waals surface area contributed by atoms with E-state index in [1.54, 1.807) is 24.3 Å². The van der Waals surface area contributed by atoms with Gasteiger partial charge in [-0.15, -0.1) is 0 Å². The molecule has 7 heteroatoms. The number of hydrogen-bond donors (Lipinski definition) is 2. The summed E-state index contributed by atoms with van der Waals surface area (Å²) in [7, 11) is 1.23. The minimum atomic E-state index is -0.836. The second kappa shape index (κ2) is 7.37. The first-order valence-corrected chi connectivity index (χ1v) is 6.86. The van der Waals surface area contributed by atoms with Gasteiger partial charge in [0.15, 0.2) is 0 Å². The molecular formula is C16H16N2O5. The molecule has 0 aliphatic carbocycles. The van der Waals surface area contributed by atoms with E-state index >= 15 is 0 Å². The van der Waals surface area contributed by atoms with Crippen molar-refractivity contribution in [2.45, 2.75) is 6.10 Å². The fourth-order valence-corrected chi connectivity index (χ4v) is 2.08. The molecule has 0 spiro atoms. The Hall–Kier alpha value is -2.93. The normalized spacial score (nSPS) is 11.6. The molecule has 2 N–H and O–H groups in total. The Morgan fingerprint density at radius 3 is 2.61 bits per heavy atom. The monoisotopic (exact) mass is 316 g/mol. The van der Waals surface area contributed by atoms with Crippen LogP contribution in [0.3, 0.4) is 0 Å². The van der Waals surface area contributed by atoms with Crippen LogP contribution in [0.2, 0.25) is 0 Å². The molecule has 2 rings (SSSR count). The lowest BCUT2D eigenvalue weighted by Crippen LogP contribution is -2.13. The smallest absolute Gasteiger partial charge is 0.337 e. The zero-order valence-electron chi connectivity index (χ0n) is 12.4. The summed E-state index contributed by atoms with van der Waals surface area (Å²) >= 11 is 0. The van der Waals surface area contributed by atoms with Crippen LogP contribution in [-0.2, 0) is 4.74 Å². The van der Waals surface area contributed by atoms with Gasteiger partial charge >= 0.3 is 5.97 Å². The third kappa shape index (κ3) is 4.04. The Balaban J connectivity index is 2.20. The highest BCUT2D eigenvalue weighted by atomic mass is 16.6. The quantitative estimate of drug-likeness (QED) is 0.482. The zero-order chi connectivity index (χ0) is 16.8. The number of esters is 1. The molecule has 0 aliphatic rings. The molecule has 0 heterocycles. The van der Waals surface area contributed by atoms with E-state index in [4.69, 9.17) is 0 Å². The van der Waals surface area contributed by atoms with Gasteiger partial charge in [-0.2, -0.15) is 0 Å². The predicted molar refractivity (Wildman–Crippen MR) is 84.3 cm³/mol. The van der Waals surface area contributed by atoms with Gasteiger partial charge < -0.3 is 15.2 Å². The molecule has 0 fully saturated rings. The van der Waals surface area contributed by atoms with E-state index in [-0.39, 0.29) is 23.5 Å². The maximum atomic E-state index is 11.5. The number of nitrogens with one attached hydrogen (secondary N) is 1. The van der Waals surface area contributed by atoms with Crippen LogP contribution < -0.4 is 5.32 Å². The van der Waals surface area contributed by atoms with Crippen LogP contribution in [0.1, 0.15) is 22.0 Å². The predicted octanol–water partition coefficient (Wildman–Crippen LogP) is 2.53. The van der Waals surface area contributed by atoms with E-state index in [0.717, 1.165) is 0 Å². The summed E-state index contributed by atoms with van der Waals surface area (Å²) in [6.07, 6.45) is -0.836. The SMILES string of the molecule is COC(=O)c1ccc([N+](=O)[O-])c(NCC(O)c2ccccc2)c1. The molecule has 1 unspecified atom stereocenters. The van der Waals surface area contributed by atoms with E-state index in [1.165, 1.54) is 25.3 Å². The number of nitrogens with zero attached hydrogens (tertiary/aromatic N) is 1. The highest BCUT2D eigenvalue weighted by Gasteiger charge is 2.18. The third-order valence-corrected chi connectivity index (χ3v) is 3.28. The van der Waals surface area contributed by atoms with Gasteiger partial charge in [-0.3, -0.25) is 10.1 Å². The summed E-state index contributed by atoms with van der Waals surface area (Å²) in [5.41, 5.74) is 0.840. The van der Waals surface area contributed by atoms with Gasteiger partial charge in [0.2, 0.25) is 0 Å². The average molecular weight is 316 g/mol. The minimum Gasteiger partial charge on any atom is -0.465 e. The van der Waals surface area contributed by atoms with Crippen molar-refractivity contribution in [2.24, 2.45) is 0 Å². The fourth-order valence-electron chi connectivity index (χ4n) is 2.08. The molecule has 0 bridgehead atoms. The molecular weight excluding hydrogens is 300 g/mol. The minimum absolute atomic E-state index is 0.0650. The summed E-state index contributed by atoms with van der Waals surface area (Å²) in [5, 5.41) is 24.0. The summed E-state index contributed by atoms with van der Waals surface area (Å²) in [6.45, 7) is 0.0650. The van der Waals surface area contributed by atoms with Crippen LogP contribution in [0.5, 0.6) is 0 Å². The number of carbonyl (C=O) groups is 1. The zero-order valence-corrected chi connectivity index (χ0v) is 12.4. The van der Waals surface area contributed by atoms with Gasteiger partial charge in [-0.1, -0.05) is 30.3 Å².